The Hall–Kier alpha value is -7.53. The van der Waals surface area contributed by atoms with Gasteiger partial charge in [-0.25, -0.2) is 15.0 Å². The highest BCUT2D eigenvalue weighted by Crippen LogP contribution is 2.55. The summed E-state index contributed by atoms with van der Waals surface area (Å²) in [6.07, 6.45) is 0. The van der Waals surface area contributed by atoms with Crippen molar-refractivity contribution in [3.63, 3.8) is 0 Å². The zero-order valence-corrected chi connectivity index (χ0v) is 35.1. The summed E-state index contributed by atoms with van der Waals surface area (Å²) in [5.41, 5.74) is 12.5. The van der Waals surface area contributed by atoms with E-state index < -0.39 is 0 Å². The molecule has 11 aromatic rings. The Labute approximate surface area is 364 Å². The minimum Gasteiger partial charge on any atom is -0.208 e. The molecule has 2 heterocycles. The fraction of sp³-hybridized carbons (Fsp3) is 0.0517. The summed E-state index contributed by atoms with van der Waals surface area (Å²) in [6.45, 7) is 4.76. The van der Waals surface area contributed by atoms with Crippen molar-refractivity contribution in [2.75, 3.05) is 0 Å². The van der Waals surface area contributed by atoms with E-state index in [0.717, 1.165) is 33.4 Å². The van der Waals surface area contributed by atoms with Crippen LogP contribution in [0.25, 0.3) is 110 Å². The van der Waals surface area contributed by atoms with Gasteiger partial charge in [0, 0.05) is 31.9 Å². The van der Waals surface area contributed by atoms with Crippen LogP contribution in [0.2, 0.25) is 0 Å². The number of fused-ring (bicyclic) bond motifs is 9. The van der Waals surface area contributed by atoms with Crippen LogP contribution in [-0.4, -0.2) is 15.0 Å². The van der Waals surface area contributed by atoms with E-state index in [0.29, 0.717) is 17.5 Å². The quantitative estimate of drug-likeness (QED) is 0.157. The molecule has 0 saturated heterocycles. The molecule has 0 radical (unpaired) electrons. The number of benzene rings is 9. The minimum absolute atomic E-state index is 0.182. The lowest BCUT2D eigenvalue weighted by Crippen LogP contribution is -2.14. The number of aromatic nitrogens is 3. The molecule has 0 atom stereocenters. The van der Waals surface area contributed by atoms with Gasteiger partial charge < -0.3 is 0 Å². The van der Waals surface area contributed by atoms with Gasteiger partial charge in [0.25, 0.3) is 0 Å². The van der Waals surface area contributed by atoms with Gasteiger partial charge >= 0.3 is 0 Å². The van der Waals surface area contributed by atoms with E-state index in [2.05, 4.69) is 178 Å². The first kappa shape index (κ1) is 36.3. The van der Waals surface area contributed by atoms with Gasteiger partial charge in [0.1, 0.15) is 0 Å². The average molecular weight is 810 g/mol. The second-order valence-corrected chi connectivity index (χ2v) is 17.8. The molecule has 292 valence electrons. The first-order chi connectivity index (χ1) is 30.5. The SMILES string of the molecule is CC1(C)c2cc(-c3cc(-c4ccccc4)cc(-c4nc(-c5ccccc5)nc(-c5ccccc5)n4)c3)ccc2-c2sc(-c3ccc4c5ccccc5c5ccccc5c4c3)cc21. The van der Waals surface area contributed by atoms with E-state index in [1.807, 2.05) is 47.7 Å². The van der Waals surface area contributed by atoms with Crippen LogP contribution in [0.4, 0.5) is 0 Å². The maximum atomic E-state index is 5.13. The van der Waals surface area contributed by atoms with Gasteiger partial charge in [-0.05, 0) is 113 Å². The number of hydrogen-bond donors (Lipinski definition) is 0. The molecular weight excluding hydrogens is 771 g/mol. The molecule has 0 amide bonds. The Bertz CT molecular complexity index is 3440. The molecule has 9 aromatic carbocycles. The van der Waals surface area contributed by atoms with Gasteiger partial charge in [0.2, 0.25) is 0 Å². The van der Waals surface area contributed by atoms with E-state index >= 15 is 0 Å². The van der Waals surface area contributed by atoms with Crippen LogP contribution in [0, 0.1) is 0 Å². The maximum absolute atomic E-state index is 5.13. The smallest absolute Gasteiger partial charge is 0.164 e. The van der Waals surface area contributed by atoms with E-state index in [9.17, 15) is 0 Å². The Morgan fingerprint density at radius 2 is 0.774 bits per heavy atom. The molecule has 0 aliphatic heterocycles. The van der Waals surface area contributed by atoms with Crippen LogP contribution in [0.5, 0.6) is 0 Å². The standard InChI is InChI=1S/C58H39N3S/c1-58(2)51-34-39(26-29-49(51)54-52(58)35-53(62-54)40-27-28-48-46-24-13-12-22-44(46)45-23-14-15-25-47(45)50(48)33-40)42-30-41(36-16-6-3-7-17-36)31-43(32-42)57-60-55(37-18-8-4-9-19-37)59-56(61-57)38-20-10-5-11-21-38/h3-35H,1-2H3. The number of thiophene rings is 1. The molecule has 0 bridgehead atoms. The van der Waals surface area contributed by atoms with E-state index in [1.165, 1.54) is 69.9 Å². The second kappa shape index (κ2) is 14.3. The summed E-state index contributed by atoms with van der Waals surface area (Å²) in [7, 11) is 0. The van der Waals surface area contributed by atoms with Crippen molar-refractivity contribution in [2.45, 2.75) is 19.3 Å². The highest BCUT2D eigenvalue weighted by Gasteiger charge is 2.38. The molecule has 0 fully saturated rings. The summed E-state index contributed by atoms with van der Waals surface area (Å²) in [5, 5.41) is 7.81. The zero-order chi connectivity index (χ0) is 41.4. The minimum atomic E-state index is -0.182. The third-order valence-electron chi connectivity index (χ3n) is 12.7. The third-order valence-corrected chi connectivity index (χ3v) is 13.9. The fourth-order valence-corrected chi connectivity index (χ4v) is 10.9. The first-order valence-corrected chi connectivity index (χ1v) is 22.0. The van der Waals surface area contributed by atoms with Gasteiger partial charge in [-0.2, -0.15) is 0 Å². The van der Waals surface area contributed by atoms with E-state index in [1.54, 1.807) is 0 Å². The molecule has 0 spiro atoms. The first-order valence-electron chi connectivity index (χ1n) is 21.2. The van der Waals surface area contributed by atoms with Gasteiger partial charge in [-0.1, -0.05) is 178 Å². The number of rotatable bonds is 6. The van der Waals surface area contributed by atoms with Crippen LogP contribution < -0.4 is 0 Å². The number of nitrogens with zero attached hydrogens (tertiary/aromatic N) is 3. The predicted octanol–water partition coefficient (Wildman–Crippen LogP) is 15.7. The van der Waals surface area contributed by atoms with Crippen molar-refractivity contribution < 1.29 is 0 Å². The maximum Gasteiger partial charge on any atom is 0.164 e. The lowest BCUT2D eigenvalue weighted by atomic mass is 9.81. The summed E-state index contributed by atoms with van der Waals surface area (Å²) in [5.74, 6) is 1.94. The molecular formula is C58H39N3S. The monoisotopic (exact) mass is 809 g/mol. The molecule has 1 aliphatic rings. The molecule has 0 N–H and O–H groups in total. The van der Waals surface area contributed by atoms with Crippen molar-refractivity contribution in [2.24, 2.45) is 0 Å². The van der Waals surface area contributed by atoms with Crippen molar-refractivity contribution in [3.8, 4) is 77.3 Å². The molecule has 12 rings (SSSR count). The Morgan fingerprint density at radius 3 is 1.35 bits per heavy atom. The summed E-state index contributed by atoms with van der Waals surface area (Å²) >= 11 is 1.92. The summed E-state index contributed by atoms with van der Waals surface area (Å²) in [6, 6.07) is 71.9. The lowest BCUT2D eigenvalue weighted by Gasteiger charge is -2.22. The Balaban J connectivity index is 0.972. The van der Waals surface area contributed by atoms with E-state index in [4.69, 9.17) is 15.0 Å². The second-order valence-electron chi connectivity index (χ2n) is 16.8. The van der Waals surface area contributed by atoms with E-state index in [-0.39, 0.29) is 5.41 Å². The van der Waals surface area contributed by atoms with Gasteiger partial charge in [0.15, 0.2) is 17.5 Å². The molecule has 0 unspecified atom stereocenters. The van der Waals surface area contributed by atoms with Crippen LogP contribution in [0.15, 0.2) is 200 Å². The highest BCUT2D eigenvalue weighted by molar-refractivity contribution is 7.19. The Kier molecular flexibility index (Phi) is 8.38. The highest BCUT2D eigenvalue weighted by atomic mass is 32.1. The summed E-state index contributed by atoms with van der Waals surface area (Å²) in [4.78, 5) is 17.9. The van der Waals surface area contributed by atoms with Gasteiger partial charge in [-0.15, -0.1) is 11.3 Å². The van der Waals surface area contributed by atoms with Crippen molar-refractivity contribution in [1.82, 2.24) is 15.0 Å². The fourth-order valence-electron chi connectivity index (χ4n) is 9.50. The van der Waals surface area contributed by atoms with Crippen LogP contribution in [0.3, 0.4) is 0 Å². The molecule has 3 nitrogen and oxygen atoms in total. The Morgan fingerprint density at radius 1 is 0.323 bits per heavy atom. The normalized spacial score (nSPS) is 12.8. The predicted molar refractivity (Wildman–Crippen MR) is 260 cm³/mol. The molecule has 4 heteroatoms. The third kappa shape index (κ3) is 5.98. The molecule has 2 aromatic heterocycles. The van der Waals surface area contributed by atoms with Crippen molar-refractivity contribution >= 4 is 43.7 Å². The van der Waals surface area contributed by atoms with Crippen LogP contribution in [0.1, 0.15) is 25.0 Å². The van der Waals surface area contributed by atoms with Crippen molar-refractivity contribution in [3.05, 3.63) is 211 Å². The molecule has 1 aliphatic carbocycles. The van der Waals surface area contributed by atoms with Gasteiger partial charge in [-0.3, -0.25) is 0 Å². The topological polar surface area (TPSA) is 38.7 Å². The largest absolute Gasteiger partial charge is 0.208 e. The summed E-state index contributed by atoms with van der Waals surface area (Å²) < 4.78 is 0. The van der Waals surface area contributed by atoms with Crippen LogP contribution in [-0.2, 0) is 5.41 Å². The van der Waals surface area contributed by atoms with Crippen molar-refractivity contribution in [1.29, 1.82) is 0 Å². The lowest BCUT2D eigenvalue weighted by molar-refractivity contribution is 0.662. The molecule has 62 heavy (non-hydrogen) atoms. The van der Waals surface area contributed by atoms with Crippen LogP contribution >= 0.6 is 11.3 Å². The number of hydrogen-bond acceptors (Lipinski definition) is 4. The average Bonchev–Trinajstić information content (AvgIpc) is 3.89. The molecule has 0 saturated carbocycles. The zero-order valence-electron chi connectivity index (χ0n) is 34.3. The van der Waals surface area contributed by atoms with Gasteiger partial charge in [0.05, 0.1) is 0 Å².